The van der Waals surface area contributed by atoms with Gasteiger partial charge in [0.25, 0.3) is 0 Å². The molecule has 0 saturated heterocycles. The van der Waals surface area contributed by atoms with E-state index in [1.165, 1.54) is 0 Å². The average molecular weight is 439 g/mol. The minimum absolute atomic E-state index is 0. The van der Waals surface area contributed by atoms with E-state index >= 15 is 0 Å². The molecule has 0 unspecified atom stereocenters. The van der Waals surface area contributed by atoms with E-state index in [1.54, 1.807) is 0 Å². The summed E-state index contributed by atoms with van der Waals surface area (Å²) in [5, 5.41) is 0. The van der Waals surface area contributed by atoms with E-state index in [4.69, 9.17) is 0 Å². The predicted octanol–water partition coefficient (Wildman–Crippen LogP) is -9.60. The third-order valence-electron chi connectivity index (χ3n) is 0.400. The fourth-order valence-corrected chi connectivity index (χ4v) is 2.20. The van der Waals surface area contributed by atoms with Crippen molar-refractivity contribution in [2.24, 2.45) is 0 Å². The number of phosphoric acid groups is 4. The number of hydrogen-bond acceptors (Lipinski definition) is 14. The minimum atomic E-state index is -5.68. The fraction of sp³-hybridized carbons (Fsp3) is 0. The maximum atomic E-state index is 9.32. The first-order valence-electron chi connectivity index (χ1n) is 2.92. The molecule has 0 fully saturated rings. The Morgan fingerprint density at radius 3 is 0.619 bits per heavy atom. The van der Waals surface area contributed by atoms with E-state index in [2.05, 4.69) is 8.62 Å². The molecule has 0 heterocycles. The second-order valence-electron chi connectivity index (χ2n) is 1.95. The summed E-state index contributed by atoms with van der Waals surface area (Å²) in [6, 6.07) is 0. The molecule has 0 bridgehead atoms. The molecule has 0 spiro atoms. The Morgan fingerprint density at radius 2 is 0.619 bits per heavy atom. The Morgan fingerprint density at radius 1 is 0.524 bits per heavy atom. The zero-order valence-electron chi connectivity index (χ0n) is 9.36. The van der Waals surface area contributed by atoms with Crippen LogP contribution < -0.4 is 68.7 Å². The first-order chi connectivity index (χ1) is 7.41. The van der Waals surface area contributed by atoms with Crippen molar-refractivity contribution >= 4 is 31.3 Å². The Balaban J connectivity index is -0.0000000711. The Bertz CT molecular complexity index is 354. The van der Waals surface area contributed by atoms with Gasteiger partial charge in [-0.05, 0) is 0 Å². The molecule has 0 aromatic carbocycles. The van der Waals surface area contributed by atoms with Crippen LogP contribution in [-0.4, -0.2) is 0 Å². The van der Waals surface area contributed by atoms with Gasteiger partial charge in [0, 0.05) is 0 Å². The van der Waals surface area contributed by atoms with Crippen LogP contribution in [0.2, 0.25) is 0 Å². The molecule has 14 nitrogen and oxygen atoms in total. The molecule has 0 amide bonds. The van der Waals surface area contributed by atoms with Gasteiger partial charge in [-0.25, -0.2) is 0 Å². The predicted molar refractivity (Wildman–Crippen MR) is 35.8 cm³/mol. The third kappa shape index (κ3) is 44.9. The van der Waals surface area contributed by atoms with E-state index in [-0.39, 0.29) is 54.1 Å². The molecule has 0 N–H and O–H groups in total. The van der Waals surface area contributed by atoms with Gasteiger partial charge in [-0.3, -0.25) is 0 Å². The molecule has 0 saturated carbocycles. The summed E-state index contributed by atoms with van der Waals surface area (Å²) in [6.07, 6.45) is 0. The van der Waals surface area contributed by atoms with E-state index < -0.39 is 31.3 Å². The molecule has 1 radical (unpaired) electrons. The molecular formula is CFeNaO14P4. The van der Waals surface area contributed by atoms with Crippen LogP contribution in [-0.2, 0) is 44.0 Å². The smallest absolute Gasteiger partial charge is 0.790 e. The molecule has 0 aliphatic heterocycles. The van der Waals surface area contributed by atoms with E-state index in [1.807, 2.05) is 0 Å². The van der Waals surface area contributed by atoms with Crippen LogP contribution in [0.25, 0.3) is 0 Å². The van der Waals surface area contributed by atoms with Crippen LogP contribution in [0.4, 0.5) is 0 Å². The van der Waals surface area contributed by atoms with Crippen molar-refractivity contribution < 1.29 is 113 Å². The van der Waals surface area contributed by atoms with Crippen LogP contribution in [0, 0.1) is 7.43 Å². The summed E-state index contributed by atoms with van der Waals surface area (Å²) in [6.45, 7) is 0. The van der Waals surface area contributed by atoms with Crippen LogP contribution in [0.5, 0.6) is 0 Å². The second kappa shape index (κ2) is 12.4. The molecule has 20 heteroatoms. The Labute approximate surface area is 151 Å². The van der Waals surface area contributed by atoms with Crippen LogP contribution >= 0.6 is 31.3 Å². The maximum absolute atomic E-state index is 9.32. The van der Waals surface area contributed by atoms with Crippen molar-refractivity contribution in [1.29, 1.82) is 0 Å². The Kier molecular flexibility index (Phi) is 20.3. The fourth-order valence-electron chi connectivity index (χ4n) is 0.245. The van der Waals surface area contributed by atoms with E-state index in [0.29, 0.717) is 0 Å². The molecule has 21 heavy (non-hydrogen) atoms. The van der Waals surface area contributed by atoms with Gasteiger partial charge in [0.1, 0.15) is 0 Å². The standard InChI is InChI=1S/C.Fe.Na.2H4O7P2/c;;;2*1-8(2,3)7-9(4,5)6/h;;;2*(H2,1,2,3)(H2,4,5,6)/q+4;+3;+1;;/p-8. The minimum Gasteiger partial charge on any atom is -0.790 e. The zero-order chi connectivity index (χ0) is 15.4. The summed E-state index contributed by atoms with van der Waals surface area (Å²) in [4.78, 5) is 74.6. The third-order valence-corrected chi connectivity index (χ3v) is 3.60. The Hall–Kier alpha value is 2.04. The monoisotopic (exact) mass is 439 g/mol. The topological polar surface area (TPSA) is 271 Å². The summed E-state index contributed by atoms with van der Waals surface area (Å²) < 4.78 is 42.3. The SMILES string of the molecule is O=P([O-])([O-])OP(=O)([O-])[O-].O=P([O-])([O-])OP(=O)([O-])[O-].[C+4].[Fe+3].[Na+]. The summed E-state index contributed by atoms with van der Waals surface area (Å²) in [5.41, 5.74) is 0. The van der Waals surface area contributed by atoms with Crippen LogP contribution in [0.15, 0.2) is 0 Å². The van der Waals surface area contributed by atoms with Gasteiger partial charge < -0.3 is 66.0 Å². The number of rotatable bonds is 4. The average Bonchev–Trinajstić information content (AvgIpc) is 1.64. The molecule has 117 valence electrons. The van der Waals surface area contributed by atoms with Crippen LogP contribution in [0.1, 0.15) is 0 Å². The van der Waals surface area contributed by atoms with Crippen molar-refractivity contribution in [3.05, 3.63) is 7.43 Å². The van der Waals surface area contributed by atoms with Gasteiger partial charge >= 0.3 is 54.1 Å². The zero-order valence-corrected chi connectivity index (χ0v) is 16.0. The van der Waals surface area contributed by atoms with Gasteiger partial charge in [-0.2, -0.15) is 0 Å². The normalized spacial score (nSPS) is 11.8. The summed E-state index contributed by atoms with van der Waals surface area (Å²) in [7, 11) is -22.7. The van der Waals surface area contributed by atoms with E-state index in [9.17, 15) is 57.4 Å². The molecule has 0 aliphatic carbocycles. The first kappa shape index (κ1) is 34.4. The number of hydrogen-bond donors (Lipinski definition) is 0. The summed E-state index contributed by atoms with van der Waals surface area (Å²) in [5.74, 6) is 0. The molecule has 0 aromatic heterocycles. The van der Waals surface area contributed by atoms with Crippen molar-refractivity contribution in [2.45, 2.75) is 0 Å². The van der Waals surface area contributed by atoms with Crippen molar-refractivity contribution in [2.75, 3.05) is 0 Å². The summed E-state index contributed by atoms with van der Waals surface area (Å²) >= 11 is 0. The quantitative estimate of drug-likeness (QED) is 0.291. The van der Waals surface area contributed by atoms with Gasteiger partial charge in [0.2, 0.25) is 0 Å². The van der Waals surface area contributed by atoms with Crippen molar-refractivity contribution in [3.8, 4) is 0 Å². The van der Waals surface area contributed by atoms with Gasteiger partial charge in [-0.15, -0.1) is 0 Å². The second-order valence-corrected chi connectivity index (χ2v) is 6.84. The first-order valence-corrected chi connectivity index (χ1v) is 8.76. The van der Waals surface area contributed by atoms with Gasteiger partial charge in [0.05, 0.1) is 31.3 Å². The molecule has 0 aromatic rings. The van der Waals surface area contributed by atoms with Crippen LogP contribution in [0.3, 0.4) is 0 Å². The largest absolute Gasteiger partial charge is 4.00 e. The van der Waals surface area contributed by atoms with Crippen molar-refractivity contribution in [3.63, 3.8) is 0 Å². The molecule has 0 atom stereocenters. The van der Waals surface area contributed by atoms with E-state index in [0.717, 1.165) is 0 Å². The molecular weight excluding hydrogens is 439 g/mol. The molecule has 0 rings (SSSR count). The molecule has 0 aliphatic rings. The van der Waals surface area contributed by atoms with Crippen molar-refractivity contribution in [1.82, 2.24) is 0 Å². The van der Waals surface area contributed by atoms with Gasteiger partial charge in [-0.1, -0.05) is 0 Å². The van der Waals surface area contributed by atoms with Gasteiger partial charge in [0.15, 0.2) is 0 Å². The maximum Gasteiger partial charge on any atom is 4.00 e.